The fourth-order valence-electron chi connectivity index (χ4n) is 5.91. The van der Waals surface area contributed by atoms with Gasteiger partial charge in [-0.15, -0.1) is 0 Å². The van der Waals surface area contributed by atoms with Gasteiger partial charge in [0.2, 0.25) is 0 Å². The zero-order valence-electron chi connectivity index (χ0n) is 24.6. The molecular formula is C40H26N4O2. The highest BCUT2D eigenvalue weighted by Crippen LogP contribution is 2.29. The Morgan fingerprint density at radius 2 is 0.674 bits per heavy atom. The fraction of sp³-hybridized carbons (Fsp3) is 0. The van der Waals surface area contributed by atoms with Crippen molar-refractivity contribution in [2.24, 2.45) is 0 Å². The van der Waals surface area contributed by atoms with Crippen LogP contribution in [0.3, 0.4) is 0 Å². The van der Waals surface area contributed by atoms with Crippen molar-refractivity contribution in [1.29, 1.82) is 0 Å². The van der Waals surface area contributed by atoms with Gasteiger partial charge in [0.1, 0.15) is 11.6 Å². The van der Waals surface area contributed by atoms with E-state index in [2.05, 4.69) is 0 Å². The molecule has 218 valence electrons. The molecule has 0 radical (unpaired) electrons. The Hall–Kier alpha value is -6.40. The van der Waals surface area contributed by atoms with Crippen LogP contribution in [0.25, 0.3) is 67.1 Å². The van der Waals surface area contributed by atoms with Crippen molar-refractivity contribution in [3.63, 3.8) is 0 Å². The number of fused-ring (bicyclic) bond motifs is 2. The molecule has 6 heteroatoms. The molecule has 0 aliphatic heterocycles. The average Bonchev–Trinajstić information content (AvgIpc) is 3.12. The summed E-state index contributed by atoms with van der Waals surface area (Å²) in [5.41, 5.74) is 6.31. The predicted octanol–water partition coefficient (Wildman–Crippen LogP) is 8.09. The smallest absolute Gasteiger partial charge is 0.266 e. The third kappa shape index (κ3) is 4.69. The highest BCUT2D eigenvalue weighted by atomic mass is 16.1. The molecule has 0 saturated carbocycles. The molecule has 0 unspecified atom stereocenters. The zero-order chi connectivity index (χ0) is 31.0. The summed E-state index contributed by atoms with van der Waals surface area (Å²) in [7, 11) is 0. The van der Waals surface area contributed by atoms with Gasteiger partial charge in [0.05, 0.1) is 33.2 Å². The van der Waals surface area contributed by atoms with Crippen molar-refractivity contribution in [2.75, 3.05) is 0 Å². The maximum absolute atomic E-state index is 13.7. The van der Waals surface area contributed by atoms with Gasteiger partial charge in [0.15, 0.2) is 0 Å². The third-order valence-corrected chi connectivity index (χ3v) is 8.20. The minimum absolute atomic E-state index is 0.109. The van der Waals surface area contributed by atoms with E-state index < -0.39 is 0 Å². The second-order valence-electron chi connectivity index (χ2n) is 11.0. The standard InChI is InChI=1S/C40H26N4O2/c45-39-33-15-7-9-17-35(33)41-37(43(39)31-11-3-1-4-12-31)29-23-19-27(20-24-29)28-21-25-30(26-22-28)38-42-36-18-10-8-16-34(36)40(46)44(38)32-13-5-2-6-14-32/h1-26H. The quantitative estimate of drug-likeness (QED) is 0.202. The Bertz CT molecular complexity index is 2310. The first kappa shape index (κ1) is 27.2. The van der Waals surface area contributed by atoms with Crippen LogP contribution >= 0.6 is 0 Å². The van der Waals surface area contributed by atoms with Crippen molar-refractivity contribution in [2.45, 2.75) is 0 Å². The molecule has 46 heavy (non-hydrogen) atoms. The van der Waals surface area contributed by atoms with E-state index in [-0.39, 0.29) is 11.1 Å². The maximum Gasteiger partial charge on any atom is 0.266 e. The first-order chi connectivity index (χ1) is 22.7. The van der Waals surface area contributed by atoms with E-state index in [1.54, 1.807) is 9.13 Å². The summed E-state index contributed by atoms with van der Waals surface area (Å²) in [6, 6.07) is 50.2. The molecule has 0 spiro atoms. The average molecular weight is 595 g/mol. The van der Waals surface area contributed by atoms with E-state index in [1.807, 2.05) is 158 Å². The van der Waals surface area contributed by atoms with Crippen LogP contribution < -0.4 is 11.1 Å². The van der Waals surface area contributed by atoms with Crippen molar-refractivity contribution in [3.05, 3.63) is 178 Å². The molecule has 8 aromatic rings. The van der Waals surface area contributed by atoms with Crippen LogP contribution in [0.4, 0.5) is 0 Å². The minimum Gasteiger partial charge on any atom is -0.268 e. The molecule has 6 nitrogen and oxygen atoms in total. The van der Waals surface area contributed by atoms with Gasteiger partial charge in [-0.05, 0) is 59.7 Å². The molecule has 6 aromatic carbocycles. The Morgan fingerprint density at radius 1 is 0.348 bits per heavy atom. The van der Waals surface area contributed by atoms with Crippen LogP contribution in [0.1, 0.15) is 0 Å². The number of benzene rings is 6. The van der Waals surface area contributed by atoms with E-state index in [1.165, 1.54) is 0 Å². The molecule has 0 saturated heterocycles. The van der Waals surface area contributed by atoms with Crippen LogP contribution in [0, 0.1) is 0 Å². The summed E-state index contributed by atoms with van der Waals surface area (Å²) in [5, 5.41) is 1.15. The van der Waals surface area contributed by atoms with E-state index in [4.69, 9.17) is 9.97 Å². The van der Waals surface area contributed by atoms with Crippen molar-refractivity contribution >= 4 is 21.8 Å². The second-order valence-corrected chi connectivity index (χ2v) is 11.0. The fourth-order valence-corrected chi connectivity index (χ4v) is 5.91. The molecule has 2 aromatic heterocycles. The Labute approximate surface area is 264 Å². The van der Waals surface area contributed by atoms with Crippen LogP contribution in [-0.2, 0) is 0 Å². The molecule has 0 N–H and O–H groups in total. The molecule has 0 aliphatic carbocycles. The molecule has 2 heterocycles. The van der Waals surface area contributed by atoms with Crippen molar-refractivity contribution in [3.8, 4) is 45.3 Å². The number of aromatic nitrogens is 4. The van der Waals surface area contributed by atoms with Gasteiger partial charge >= 0.3 is 0 Å². The lowest BCUT2D eigenvalue weighted by Gasteiger charge is -2.15. The maximum atomic E-state index is 13.7. The summed E-state index contributed by atoms with van der Waals surface area (Å²) in [4.78, 5) is 37.2. The summed E-state index contributed by atoms with van der Waals surface area (Å²) >= 11 is 0. The first-order valence-electron chi connectivity index (χ1n) is 15.0. The monoisotopic (exact) mass is 594 g/mol. The Morgan fingerprint density at radius 3 is 1.07 bits per heavy atom. The highest BCUT2D eigenvalue weighted by Gasteiger charge is 2.16. The number of rotatable bonds is 5. The van der Waals surface area contributed by atoms with E-state index >= 15 is 0 Å². The molecule has 0 amide bonds. The topological polar surface area (TPSA) is 69.8 Å². The molecule has 0 bridgehead atoms. The summed E-state index contributed by atoms with van der Waals surface area (Å²) in [6.45, 7) is 0. The second kappa shape index (κ2) is 11.3. The number of para-hydroxylation sites is 4. The van der Waals surface area contributed by atoms with Crippen LogP contribution in [0.15, 0.2) is 167 Å². The van der Waals surface area contributed by atoms with Crippen molar-refractivity contribution in [1.82, 2.24) is 19.1 Å². The van der Waals surface area contributed by atoms with Gasteiger partial charge in [-0.25, -0.2) is 9.97 Å². The van der Waals surface area contributed by atoms with E-state index in [9.17, 15) is 9.59 Å². The first-order valence-corrected chi connectivity index (χ1v) is 15.0. The summed E-state index contributed by atoms with van der Waals surface area (Å²) in [5.74, 6) is 1.16. The zero-order valence-corrected chi connectivity index (χ0v) is 24.6. The van der Waals surface area contributed by atoms with Crippen LogP contribution in [-0.4, -0.2) is 19.1 Å². The lowest BCUT2D eigenvalue weighted by molar-refractivity contribution is 0.975. The lowest BCUT2D eigenvalue weighted by atomic mass is 10.0. The summed E-state index contributed by atoms with van der Waals surface area (Å²) in [6.07, 6.45) is 0. The summed E-state index contributed by atoms with van der Waals surface area (Å²) < 4.78 is 3.35. The van der Waals surface area contributed by atoms with Crippen LogP contribution in [0.2, 0.25) is 0 Å². The molecule has 8 rings (SSSR count). The number of hydrogen-bond acceptors (Lipinski definition) is 4. The van der Waals surface area contributed by atoms with E-state index in [0.717, 1.165) is 33.6 Å². The lowest BCUT2D eigenvalue weighted by Crippen LogP contribution is -2.21. The molecule has 0 aliphatic rings. The Balaban J connectivity index is 1.19. The molecule has 0 fully saturated rings. The highest BCUT2D eigenvalue weighted by molar-refractivity contribution is 5.82. The largest absolute Gasteiger partial charge is 0.268 e. The van der Waals surface area contributed by atoms with Crippen LogP contribution in [0.5, 0.6) is 0 Å². The van der Waals surface area contributed by atoms with Gasteiger partial charge in [0.25, 0.3) is 11.1 Å². The predicted molar refractivity (Wildman–Crippen MR) is 185 cm³/mol. The SMILES string of the molecule is O=c1c2ccccc2nc(-c2ccc(-c3ccc(-c4nc5ccccc5c(=O)n4-c4ccccc4)cc3)cc2)n1-c1ccccc1. The number of hydrogen-bond donors (Lipinski definition) is 0. The molecule has 0 atom stereocenters. The minimum atomic E-state index is -0.109. The van der Waals surface area contributed by atoms with Gasteiger partial charge in [-0.2, -0.15) is 0 Å². The third-order valence-electron chi connectivity index (χ3n) is 8.20. The number of nitrogens with zero attached hydrogens (tertiary/aromatic N) is 4. The van der Waals surface area contributed by atoms with Gasteiger partial charge in [-0.3, -0.25) is 18.7 Å². The van der Waals surface area contributed by atoms with Crippen molar-refractivity contribution < 1.29 is 0 Å². The normalized spacial score (nSPS) is 11.2. The van der Waals surface area contributed by atoms with Gasteiger partial charge in [-0.1, -0.05) is 109 Å². The molecular weight excluding hydrogens is 568 g/mol. The van der Waals surface area contributed by atoms with Gasteiger partial charge < -0.3 is 0 Å². The van der Waals surface area contributed by atoms with Gasteiger partial charge in [0, 0.05) is 11.1 Å². The van der Waals surface area contributed by atoms with E-state index in [0.29, 0.717) is 33.5 Å². The Kier molecular flexibility index (Phi) is 6.65.